The van der Waals surface area contributed by atoms with Crippen LogP contribution < -0.4 is 5.11 Å². The van der Waals surface area contributed by atoms with Gasteiger partial charge in [0.05, 0.1) is 5.56 Å². The minimum absolute atomic E-state index is 0.0387. The molecule has 1 aromatic heterocycles. The van der Waals surface area contributed by atoms with Gasteiger partial charge in [0.15, 0.2) is 0 Å². The number of piperidine rings is 1. The Bertz CT molecular complexity index is 572. The number of carboxylic acid groups (broad SMARTS) is 1. The van der Waals surface area contributed by atoms with E-state index in [4.69, 9.17) is 0 Å². The molecule has 1 saturated carbocycles. The Balaban J connectivity index is 1.63. The SMILES string of the molecule is O=C([O-])N1CCC2(CC1)CC(c1cc(C(F)(F)F)ccn1)C2. The van der Waals surface area contributed by atoms with Gasteiger partial charge in [0.1, 0.15) is 6.09 Å². The van der Waals surface area contributed by atoms with Gasteiger partial charge < -0.3 is 14.8 Å². The zero-order valence-electron chi connectivity index (χ0n) is 11.9. The highest BCUT2D eigenvalue weighted by Gasteiger charge is 2.47. The first-order chi connectivity index (χ1) is 10.3. The summed E-state index contributed by atoms with van der Waals surface area (Å²) in [6.07, 6.45) is -1.23. The Morgan fingerprint density at radius 2 is 1.95 bits per heavy atom. The number of aromatic nitrogens is 1. The van der Waals surface area contributed by atoms with Gasteiger partial charge in [-0.2, -0.15) is 13.2 Å². The first-order valence-electron chi connectivity index (χ1n) is 7.28. The van der Waals surface area contributed by atoms with Crippen molar-refractivity contribution in [2.45, 2.75) is 37.8 Å². The molecule has 0 bridgehead atoms. The molecule has 0 radical (unpaired) electrons. The molecule has 1 saturated heterocycles. The average Bonchev–Trinajstić information content (AvgIpc) is 2.44. The predicted molar refractivity (Wildman–Crippen MR) is 69.9 cm³/mol. The number of hydrogen-bond acceptors (Lipinski definition) is 3. The summed E-state index contributed by atoms with van der Waals surface area (Å²) in [5.41, 5.74) is -0.111. The van der Waals surface area contributed by atoms with Crippen LogP contribution in [0, 0.1) is 5.41 Å². The topological polar surface area (TPSA) is 56.3 Å². The van der Waals surface area contributed by atoms with E-state index in [2.05, 4.69) is 4.98 Å². The van der Waals surface area contributed by atoms with Crippen molar-refractivity contribution in [3.05, 3.63) is 29.6 Å². The maximum Gasteiger partial charge on any atom is 0.416 e. The molecule has 0 aromatic carbocycles. The Hall–Kier alpha value is -1.79. The van der Waals surface area contributed by atoms with Crippen molar-refractivity contribution >= 4 is 6.09 Å². The van der Waals surface area contributed by atoms with E-state index in [-0.39, 0.29) is 11.3 Å². The van der Waals surface area contributed by atoms with E-state index in [1.807, 2.05) is 0 Å². The van der Waals surface area contributed by atoms with Crippen molar-refractivity contribution in [1.29, 1.82) is 0 Å². The molecule has 1 aromatic rings. The Morgan fingerprint density at radius 3 is 2.50 bits per heavy atom. The minimum Gasteiger partial charge on any atom is -0.530 e. The summed E-state index contributed by atoms with van der Waals surface area (Å²) < 4.78 is 38.2. The Morgan fingerprint density at radius 1 is 1.32 bits per heavy atom. The standard InChI is InChI=1S/C15H17F3N2O2/c16-15(17,18)11-1-4-19-12(7-11)10-8-14(9-10)2-5-20(6-3-14)13(21)22/h1,4,7,10H,2-3,5-6,8-9H2,(H,21,22)/p-1. The van der Waals surface area contributed by atoms with Crippen molar-refractivity contribution < 1.29 is 23.1 Å². The summed E-state index contributed by atoms with van der Waals surface area (Å²) in [6.45, 7) is 0.899. The molecular formula is C15H16F3N2O2-. The maximum atomic E-state index is 12.7. The highest BCUT2D eigenvalue weighted by atomic mass is 19.4. The molecule has 2 heterocycles. The lowest BCUT2D eigenvalue weighted by atomic mass is 9.56. The predicted octanol–water partition coefficient (Wildman–Crippen LogP) is 2.40. The number of amides is 1. The van der Waals surface area contributed by atoms with Gasteiger partial charge in [-0.1, -0.05) is 0 Å². The highest BCUT2D eigenvalue weighted by molar-refractivity contribution is 5.62. The van der Waals surface area contributed by atoms with Crippen LogP contribution in [0.25, 0.3) is 0 Å². The third-order valence-corrected chi connectivity index (χ3v) is 4.97. The van der Waals surface area contributed by atoms with Crippen LogP contribution >= 0.6 is 0 Å². The van der Waals surface area contributed by atoms with Crippen molar-refractivity contribution in [3.63, 3.8) is 0 Å². The van der Waals surface area contributed by atoms with Crippen LogP contribution in [0.1, 0.15) is 42.9 Å². The van der Waals surface area contributed by atoms with E-state index < -0.39 is 17.8 Å². The van der Waals surface area contributed by atoms with Crippen LogP contribution in [0.5, 0.6) is 0 Å². The fourth-order valence-electron chi connectivity index (χ4n) is 3.61. The normalized spacial score (nSPS) is 21.7. The van der Waals surface area contributed by atoms with Gasteiger partial charge >= 0.3 is 6.18 Å². The molecule has 22 heavy (non-hydrogen) atoms. The van der Waals surface area contributed by atoms with Crippen LogP contribution in [-0.2, 0) is 6.18 Å². The molecule has 3 rings (SSSR count). The molecule has 1 amide bonds. The maximum absolute atomic E-state index is 12.7. The van der Waals surface area contributed by atoms with Crippen molar-refractivity contribution in [2.75, 3.05) is 13.1 Å². The Kier molecular flexibility index (Phi) is 3.53. The lowest BCUT2D eigenvalue weighted by Crippen LogP contribution is -2.51. The van der Waals surface area contributed by atoms with E-state index in [1.54, 1.807) is 0 Å². The van der Waals surface area contributed by atoms with Gasteiger partial charge in [-0.3, -0.25) is 4.98 Å². The molecule has 2 fully saturated rings. The largest absolute Gasteiger partial charge is 0.530 e. The summed E-state index contributed by atoms with van der Waals surface area (Å²) in [5, 5.41) is 10.8. The molecule has 2 aliphatic rings. The summed E-state index contributed by atoms with van der Waals surface area (Å²) in [6, 6.07) is 2.12. The number of alkyl halides is 3. The lowest BCUT2D eigenvalue weighted by molar-refractivity contribution is -0.267. The molecule has 7 heteroatoms. The molecule has 120 valence electrons. The van der Waals surface area contributed by atoms with Gasteiger partial charge in [-0.25, -0.2) is 0 Å². The first-order valence-corrected chi connectivity index (χ1v) is 7.28. The first kappa shape index (κ1) is 15.1. The molecule has 0 unspecified atom stereocenters. The van der Waals surface area contributed by atoms with Crippen molar-refractivity contribution in [1.82, 2.24) is 9.88 Å². The van der Waals surface area contributed by atoms with Crippen molar-refractivity contribution in [3.8, 4) is 0 Å². The number of halogens is 3. The van der Waals surface area contributed by atoms with E-state index >= 15 is 0 Å². The van der Waals surface area contributed by atoms with Gasteiger partial charge in [0.2, 0.25) is 0 Å². The fourth-order valence-corrected chi connectivity index (χ4v) is 3.61. The highest BCUT2D eigenvalue weighted by Crippen LogP contribution is 2.56. The number of hydrogen-bond donors (Lipinski definition) is 0. The Labute approximate surface area is 126 Å². The molecule has 4 nitrogen and oxygen atoms in total. The smallest absolute Gasteiger partial charge is 0.416 e. The summed E-state index contributed by atoms with van der Waals surface area (Å²) in [5.74, 6) is 0.0387. The summed E-state index contributed by atoms with van der Waals surface area (Å²) >= 11 is 0. The van der Waals surface area contributed by atoms with Crippen LogP contribution in [0.2, 0.25) is 0 Å². The quantitative estimate of drug-likeness (QED) is 0.800. The summed E-state index contributed by atoms with van der Waals surface area (Å²) in [7, 11) is 0. The minimum atomic E-state index is -4.35. The second-order valence-corrected chi connectivity index (χ2v) is 6.33. The number of nitrogens with zero attached hydrogens (tertiary/aromatic N) is 2. The van der Waals surface area contributed by atoms with Crippen LogP contribution in [0.3, 0.4) is 0 Å². The van der Waals surface area contributed by atoms with E-state index in [9.17, 15) is 23.1 Å². The molecule has 0 atom stereocenters. The number of carbonyl (C=O) groups is 1. The number of carbonyl (C=O) groups excluding carboxylic acids is 1. The second-order valence-electron chi connectivity index (χ2n) is 6.33. The molecule has 1 aliphatic carbocycles. The number of rotatable bonds is 1. The molecule has 0 N–H and O–H groups in total. The van der Waals surface area contributed by atoms with E-state index in [0.717, 1.165) is 37.8 Å². The second kappa shape index (κ2) is 5.14. The van der Waals surface area contributed by atoms with Crippen molar-refractivity contribution in [2.24, 2.45) is 5.41 Å². The van der Waals surface area contributed by atoms with E-state index in [0.29, 0.717) is 18.8 Å². The van der Waals surface area contributed by atoms with Gasteiger partial charge in [0.25, 0.3) is 0 Å². The number of pyridine rings is 1. The average molecular weight is 313 g/mol. The van der Waals surface area contributed by atoms with Crippen LogP contribution in [0.4, 0.5) is 18.0 Å². The van der Waals surface area contributed by atoms with Crippen LogP contribution in [-0.4, -0.2) is 29.1 Å². The summed E-state index contributed by atoms with van der Waals surface area (Å²) in [4.78, 5) is 16.2. The van der Waals surface area contributed by atoms with Crippen LogP contribution in [0.15, 0.2) is 18.3 Å². The molecule has 1 aliphatic heterocycles. The van der Waals surface area contributed by atoms with Gasteiger partial charge in [-0.05, 0) is 43.2 Å². The third kappa shape index (κ3) is 2.76. The zero-order chi connectivity index (χ0) is 16.0. The van der Waals surface area contributed by atoms with Gasteiger partial charge in [-0.15, -0.1) is 0 Å². The lowest BCUT2D eigenvalue weighted by Gasteiger charge is -2.52. The van der Waals surface area contributed by atoms with E-state index in [1.165, 1.54) is 11.1 Å². The fraction of sp³-hybridized carbons (Fsp3) is 0.600. The molecule has 1 spiro atoms. The monoisotopic (exact) mass is 313 g/mol. The molecular weight excluding hydrogens is 297 g/mol. The van der Waals surface area contributed by atoms with Gasteiger partial charge in [0, 0.05) is 30.9 Å². The number of likely N-dealkylation sites (tertiary alicyclic amines) is 1. The zero-order valence-corrected chi connectivity index (χ0v) is 11.9. The third-order valence-electron chi connectivity index (χ3n) is 4.97.